The van der Waals surface area contributed by atoms with Crippen LogP contribution in [0.4, 0.5) is 4.39 Å². The summed E-state index contributed by atoms with van der Waals surface area (Å²) in [6.45, 7) is -0.145. The third-order valence-corrected chi connectivity index (χ3v) is 5.66. The van der Waals surface area contributed by atoms with Crippen LogP contribution in [0.3, 0.4) is 0 Å². The number of ether oxygens (including phenoxy) is 1. The second kappa shape index (κ2) is 7.92. The van der Waals surface area contributed by atoms with E-state index in [1.165, 1.54) is 30.3 Å². The maximum absolute atomic E-state index is 13.9. The molecule has 4 rings (SSSR count). The fourth-order valence-electron chi connectivity index (χ4n) is 3.52. The Kier molecular flexibility index (Phi) is 5.46. The lowest BCUT2D eigenvalue weighted by atomic mass is 10.1. The van der Waals surface area contributed by atoms with Gasteiger partial charge < -0.3 is 20.1 Å². The molecule has 2 aromatic carbocycles. The van der Waals surface area contributed by atoms with Gasteiger partial charge in [0.15, 0.2) is 0 Å². The second-order valence-corrected chi connectivity index (χ2v) is 7.70. The summed E-state index contributed by atoms with van der Waals surface area (Å²) in [4.78, 5) is 12.8. The summed E-state index contributed by atoms with van der Waals surface area (Å²) in [7, 11) is 0. The molecule has 1 aliphatic rings. The van der Waals surface area contributed by atoms with E-state index in [0.29, 0.717) is 5.69 Å². The van der Waals surface area contributed by atoms with Crippen molar-refractivity contribution in [1.29, 1.82) is 0 Å². The Morgan fingerprint density at radius 1 is 1.10 bits per heavy atom. The Bertz CT molecular complexity index is 1180. The van der Waals surface area contributed by atoms with Crippen molar-refractivity contribution in [2.24, 2.45) is 0 Å². The number of benzene rings is 2. The molecule has 1 heterocycles. The minimum atomic E-state index is -1.18. The van der Waals surface area contributed by atoms with Crippen molar-refractivity contribution in [3.63, 3.8) is 0 Å². The fraction of sp³-hybridized carbons (Fsp3) is 0.190. The van der Waals surface area contributed by atoms with Crippen molar-refractivity contribution >= 4 is 23.2 Å². The first-order valence-corrected chi connectivity index (χ1v) is 9.73. The largest absolute Gasteiger partial charge is 0.506 e. The van der Waals surface area contributed by atoms with Crippen LogP contribution >= 0.6 is 23.2 Å². The van der Waals surface area contributed by atoms with E-state index < -0.39 is 23.6 Å². The van der Waals surface area contributed by atoms with Crippen LogP contribution in [0.1, 0.15) is 35.3 Å². The molecule has 2 unspecified atom stereocenters. The monoisotopic (exact) mass is 451 g/mol. The number of aromatic hydroxyl groups is 1. The van der Waals surface area contributed by atoms with Gasteiger partial charge in [0.25, 0.3) is 5.56 Å². The van der Waals surface area contributed by atoms with Gasteiger partial charge >= 0.3 is 0 Å². The minimum Gasteiger partial charge on any atom is -0.506 e. The molecule has 3 N–H and O–H groups in total. The van der Waals surface area contributed by atoms with Gasteiger partial charge in [0.2, 0.25) is 0 Å². The third-order valence-electron chi connectivity index (χ3n) is 5.01. The highest BCUT2D eigenvalue weighted by atomic mass is 35.5. The fourth-order valence-corrected chi connectivity index (χ4v) is 3.97. The molecule has 0 saturated heterocycles. The van der Waals surface area contributed by atoms with E-state index >= 15 is 0 Å². The average molecular weight is 452 g/mol. The molecular weight excluding hydrogens is 436 g/mol. The van der Waals surface area contributed by atoms with Gasteiger partial charge in [-0.3, -0.25) is 9.36 Å². The van der Waals surface area contributed by atoms with E-state index in [-0.39, 0.29) is 51.3 Å². The maximum atomic E-state index is 13.9. The van der Waals surface area contributed by atoms with Crippen molar-refractivity contribution in [3.05, 3.63) is 85.5 Å². The standard InChI is InChI=1S/C21H16Cl2FNO5/c22-12-2-1-3-14(24)11(12)9-30-18-5-4-10(6-13(18)23)25-8-17(28)19-15(26)7-16(27)20(19)21(25)29/h1-6,8,15-16,26-28H,7,9H2. The molecule has 3 aromatic rings. The van der Waals surface area contributed by atoms with Crippen molar-refractivity contribution in [2.45, 2.75) is 25.2 Å². The van der Waals surface area contributed by atoms with Crippen molar-refractivity contribution in [2.75, 3.05) is 0 Å². The normalized spacial score (nSPS) is 17.8. The Morgan fingerprint density at radius 3 is 2.53 bits per heavy atom. The molecule has 0 spiro atoms. The first-order chi connectivity index (χ1) is 14.3. The molecule has 9 heteroatoms. The number of hydrogen-bond donors (Lipinski definition) is 3. The van der Waals surface area contributed by atoms with E-state index in [4.69, 9.17) is 27.9 Å². The number of nitrogens with zero attached hydrogens (tertiary/aromatic N) is 1. The molecule has 1 aliphatic carbocycles. The molecule has 156 valence electrons. The van der Waals surface area contributed by atoms with Crippen LogP contribution in [0.15, 0.2) is 47.4 Å². The number of pyridine rings is 1. The molecule has 6 nitrogen and oxygen atoms in total. The highest BCUT2D eigenvalue weighted by molar-refractivity contribution is 6.32. The third kappa shape index (κ3) is 3.54. The number of aliphatic hydroxyl groups is 2. The first-order valence-electron chi connectivity index (χ1n) is 8.98. The molecular formula is C21H16Cl2FNO5. The van der Waals surface area contributed by atoms with Crippen LogP contribution in [0.25, 0.3) is 5.69 Å². The lowest BCUT2D eigenvalue weighted by Gasteiger charge is -2.14. The van der Waals surface area contributed by atoms with Gasteiger partial charge in [-0.05, 0) is 30.3 Å². The summed E-state index contributed by atoms with van der Waals surface area (Å²) in [5.74, 6) is -0.566. The van der Waals surface area contributed by atoms with Crippen molar-refractivity contribution in [3.8, 4) is 17.2 Å². The summed E-state index contributed by atoms with van der Waals surface area (Å²) >= 11 is 12.3. The topological polar surface area (TPSA) is 91.9 Å². The van der Waals surface area contributed by atoms with Gasteiger partial charge in [0.1, 0.15) is 23.9 Å². The smallest absolute Gasteiger partial charge is 0.261 e. The molecule has 0 bridgehead atoms. The molecule has 0 fully saturated rings. The number of fused-ring (bicyclic) bond motifs is 1. The van der Waals surface area contributed by atoms with E-state index in [0.717, 1.165) is 10.8 Å². The quantitative estimate of drug-likeness (QED) is 0.556. The number of aromatic nitrogens is 1. The number of hydrogen-bond acceptors (Lipinski definition) is 5. The number of rotatable bonds is 4. The number of halogens is 3. The Hall–Kier alpha value is -2.58. The minimum absolute atomic E-state index is 0.0385. The lowest BCUT2D eigenvalue weighted by molar-refractivity contribution is 0.106. The van der Waals surface area contributed by atoms with E-state index in [2.05, 4.69) is 0 Å². The Balaban J connectivity index is 1.66. The molecule has 0 saturated carbocycles. The zero-order chi connectivity index (χ0) is 21.6. The molecule has 30 heavy (non-hydrogen) atoms. The summed E-state index contributed by atoms with van der Waals surface area (Å²) < 4.78 is 20.6. The molecule has 0 amide bonds. The van der Waals surface area contributed by atoms with Gasteiger partial charge in [-0.15, -0.1) is 0 Å². The molecule has 1 aromatic heterocycles. The summed E-state index contributed by atoms with van der Waals surface area (Å²) in [5, 5.41) is 30.6. The highest BCUT2D eigenvalue weighted by Crippen LogP contribution is 2.41. The zero-order valence-corrected chi connectivity index (χ0v) is 16.9. The predicted octanol–water partition coefficient (Wildman–Crippen LogP) is 4.04. The van der Waals surface area contributed by atoms with Crippen LogP contribution in [-0.4, -0.2) is 19.9 Å². The van der Waals surface area contributed by atoms with Gasteiger partial charge in [-0.1, -0.05) is 29.3 Å². The van der Waals surface area contributed by atoms with Crippen molar-refractivity contribution < 1.29 is 24.4 Å². The van der Waals surface area contributed by atoms with E-state index in [1.807, 2.05) is 0 Å². The van der Waals surface area contributed by atoms with Crippen molar-refractivity contribution in [1.82, 2.24) is 4.57 Å². The SMILES string of the molecule is O=c1c2c(c(O)cn1-c1ccc(OCc3c(F)cccc3Cl)c(Cl)c1)C(O)CC2O. The molecule has 0 aliphatic heterocycles. The number of aliphatic hydroxyl groups excluding tert-OH is 2. The van der Waals surface area contributed by atoms with E-state index in [9.17, 15) is 24.5 Å². The highest BCUT2D eigenvalue weighted by Gasteiger charge is 2.34. The summed E-state index contributed by atoms with van der Waals surface area (Å²) in [6.07, 6.45) is -1.19. The summed E-state index contributed by atoms with van der Waals surface area (Å²) in [6, 6.07) is 8.76. The van der Waals surface area contributed by atoms with Gasteiger partial charge in [0, 0.05) is 17.5 Å². The summed E-state index contributed by atoms with van der Waals surface area (Å²) in [5.41, 5.74) is -0.0842. The first kappa shape index (κ1) is 20.7. The molecule has 2 atom stereocenters. The molecule has 0 radical (unpaired) electrons. The zero-order valence-electron chi connectivity index (χ0n) is 15.3. The second-order valence-electron chi connectivity index (χ2n) is 6.89. The van der Waals surface area contributed by atoms with Crippen LogP contribution in [-0.2, 0) is 6.61 Å². The van der Waals surface area contributed by atoms with Crippen LogP contribution in [0, 0.1) is 5.82 Å². The van der Waals surface area contributed by atoms with Crippen LogP contribution < -0.4 is 10.3 Å². The average Bonchev–Trinajstić information content (AvgIpc) is 3.00. The Morgan fingerprint density at radius 2 is 1.83 bits per heavy atom. The van der Waals surface area contributed by atoms with Crippen LogP contribution in [0.5, 0.6) is 11.5 Å². The van der Waals surface area contributed by atoms with Gasteiger partial charge in [-0.2, -0.15) is 0 Å². The van der Waals surface area contributed by atoms with Gasteiger partial charge in [-0.25, -0.2) is 4.39 Å². The Labute approximate surface area is 180 Å². The maximum Gasteiger partial charge on any atom is 0.261 e. The van der Waals surface area contributed by atoms with Crippen LogP contribution in [0.2, 0.25) is 10.0 Å². The van der Waals surface area contributed by atoms with Gasteiger partial charge in [0.05, 0.1) is 39.7 Å². The lowest BCUT2D eigenvalue weighted by Crippen LogP contribution is -2.23. The van der Waals surface area contributed by atoms with E-state index in [1.54, 1.807) is 6.07 Å². The predicted molar refractivity (Wildman–Crippen MR) is 109 cm³/mol.